The summed E-state index contributed by atoms with van der Waals surface area (Å²) in [6.45, 7) is 2.89. The first kappa shape index (κ1) is 23.1. The molecule has 1 aromatic carbocycles. The third-order valence-corrected chi connectivity index (χ3v) is 6.87. The number of ether oxygens (including phenoxy) is 1. The van der Waals surface area contributed by atoms with E-state index in [1.807, 2.05) is 34.4 Å². The van der Waals surface area contributed by atoms with Gasteiger partial charge in [0.15, 0.2) is 0 Å². The third-order valence-electron chi connectivity index (χ3n) is 6.87. The molecule has 2 amide bonds. The van der Waals surface area contributed by atoms with Gasteiger partial charge in [-0.25, -0.2) is 15.0 Å². The van der Waals surface area contributed by atoms with Crippen molar-refractivity contribution in [3.63, 3.8) is 0 Å². The molecule has 2 fully saturated rings. The number of nitrogens with zero attached hydrogens (tertiary/aromatic N) is 5. The molecule has 1 aliphatic heterocycles. The Balaban J connectivity index is 1.31. The molecule has 1 saturated carbocycles. The quantitative estimate of drug-likeness (QED) is 0.433. The number of carbonyl (C=O) groups excluding carboxylic acids is 2. The van der Waals surface area contributed by atoms with E-state index in [0.29, 0.717) is 47.4 Å². The molecule has 1 aliphatic carbocycles. The standard InChI is InChI=1S/C27H27N7O3/c1-16-15-37-20(14-34(16)27(36)19-9-10-19)25-32-22(23-24(28)30-12-13-33(23)25)17-5-7-18(8-6-17)26(35)31-21-4-2-3-11-29-21/h2-8,11-13,16,19-20H,9-10,14-15H2,1H3,(H2,28,30)(H,29,31,35). The lowest BCUT2D eigenvalue weighted by molar-refractivity contribution is -0.146. The summed E-state index contributed by atoms with van der Waals surface area (Å²) in [7, 11) is 0. The van der Waals surface area contributed by atoms with Crippen LogP contribution in [0.15, 0.2) is 61.1 Å². The van der Waals surface area contributed by atoms with Crippen LogP contribution in [0.2, 0.25) is 0 Å². The number of aromatic nitrogens is 4. The molecule has 6 rings (SSSR count). The van der Waals surface area contributed by atoms with E-state index >= 15 is 0 Å². The number of fused-ring (bicyclic) bond motifs is 1. The summed E-state index contributed by atoms with van der Waals surface area (Å²) in [6, 6.07) is 12.5. The van der Waals surface area contributed by atoms with Gasteiger partial charge in [0.1, 0.15) is 34.8 Å². The molecule has 0 spiro atoms. The van der Waals surface area contributed by atoms with E-state index in [4.69, 9.17) is 15.5 Å². The lowest BCUT2D eigenvalue weighted by atomic mass is 10.1. The molecule has 4 heterocycles. The van der Waals surface area contributed by atoms with Crippen molar-refractivity contribution in [2.45, 2.75) is 31.9 Å². The topological polar surface area (TPSA) is 128 Å². The van der Waals surface area contributed by atoms with Crippen LogP contribution in [-0.2, 0) is 9.53 Å². The highest BCUT2D eigenvalue weighted by Crippen LogP contribution is 2.36. The second kappa shape index (κ2) is 9.29. The average molecular weight is 498 g/mol. The van der Waals surface area contributed by atoms with Crippen molar-refractivity contribution in [2.75, 3.05) is 24.2 Å². The van der Waals surface area contributed by atoms with Crippen LogP contribution in [0.4, 0.5) is 11.6 Å². The Hall–Kier alpha value is -4.31. The van der Waals surface area contributed by atoms with Crippen LogP contribution in [0.1, 0.15) is 42.1 Å². The van der Waals surface area contributed by atoms with Crippen molar-refractivity contribution < 1.29 is 14.3 Å². The number of nitrogens with one attached hydrogen (secondary N) is 1. The molecule has 2 atom stereocenters. The lowest BCUT2D eigenvalue weighted by Crippen LogP contribution is -2.49. The van der Waals surface area contributed by atoms with E-state index in [9.17, 15) is 9.59 Å². The Kier molecular flexibility index (Phi) is 5.80. The molecule has 10 nitrogen and oxygen atoms in total. The first-order valence-electron chi connectivity index (χ1n) is 12.4. The fourth-order valence-electron chi connectivity index (χ4n) is 4.70. The zero-order chi connectivity index (χ0) is 25.5. The Bertz CT molecular complexity index is 1460. The second-order valence-electron chi connectivity index (χ2n) is 9.53. The number of nitrogens with two attached hydrogens (primary N) is 1. The molecule has 0 radical (unpaired) electrons. The van der Waals surface area contributed by atoms with Crippen molar-refractivity contribution in [1.82, 2.24) is 24.3 Å². The SMILES string of the molecule is CC1COC(c2nc(-c3ccc(C(=O)Nc4ccccn4)cc3)c3c(N)nccn23)CN1C(=O)C1CC1. The Morgan fingerprint density at radius 3 is 2.62 bits per heavy atom. The van der Waals surface area contributed by atoms with E-state index in [1.165, 1.54) is 0 Å². The van der Waals surface area contributed by atoms with E-state index in [2.05, 4.69) is 15.3 Å². The van der Waals surface area contributed by atoms with Gasteiger partial charge in [0.05, 0.1) is 19.2 Å². The first-order chi connectivity index (χ1) is 18.0. The maximum absolute atomic E-state index is 12.9. The van der Waals surface area contributed by atoms with Crippen molar-refractivity contribution >= 4 is 29.0 Å². The van der Waals surface area contributed by atoms with Crippen LogP contribution in [-0.4, -0.2) is 55.3 Å². The monoisotopic (exact) mass is 497 g/mol. The van der Waals surface area contributed by atoms with Gasteiger partial charge in [-0.1, -0.05) is 18.2 Å². The molecular formula is C27H27N7O3. The molecule has 188 valence electrons. The Morgan fingerprint density at radius 1 is 1.08 bits per heavy atom. The molecule has 10 heteroatoms. The summed E-state index contributed by atoms with van der Waals surface area (Å²) in [4.78, 5) is 40.8. The van der Waals surface area contributed by atoms with Gasteiger partial charge in [-0.15, -0.1) is 0 Å². The second-order valence-corrected chi connectivity index (χ2v) is 9.53. The number of pyridine rings is 1. The van der Waals surface area contributed by atoms with E-state index < -0.39 is 6.10 Å². The molecule has 2 aliphatic rings. The minimum absolute atomic E-state index is 0.0200. The smallest absolute Gasteiger partial charge is 0.256 e. The average Bonchev–Trinajstić information content (AvgIpc) is 3.70. The fourth-order valence-corrected chi connectivity index (χ4v) is 4.70. The molecule has 37 heavy (non-hydrogen) atoms. The van der Waals surface area contributed by atoms with E-state index in [0.717, 1.165) is 18.4 Å². The lowest BCUT2D eigenvalue weighted by Gasteiger charge is -2.37. The number of hydrogen-bond donors (Lipinski definition) is 2. The largest absolute Gasteiger partial charge is 0.382 e. The molecule has 4 aromatic rings. The highest BCUT2D eigenvalue weighted by molar-refractivity contribution is 6.04. The minimum atomic E-state index is -0.398. The maximum atomic E-state index is 12.9. The van der Waals surface area contributed by atoms with Crippen molar-refractivity contribution in [1.29, 1.82) is 0 Å². The van der Waals surface area contributed by atoms with Crippen LogP contribution in [0.5, 0.6) is 0 Å². The number of benzene rings is 1. The highest BCUT2D eigenvalue weighted by Gasteiger charge is 2.39. The summed E-state index contributed by atoms with van der Waals surface area (Å²) in [5.74, 6) is 1.56. The fraction of sp³-hybridized carbons (Fsp3) is 0.296. The Labute approximate surface area is 213 Å². The number of hydrogen-bond acceptors (Lipinski definition) is 7. The summed E-state index contributed by atoms with van der Waals surface area (Å²) < 4.78 is 8.05. The Morgan fingerprint density at radius 2 is 1.89 bits per heavy atom. The molecular weight excluding hydrogens is 470 g/mol. The number of anilines is 2. The van der Waals surface area contributed by atoms with Crippen LogP contribution in [0.3, 0.4) is 0 Å². The summed E-state index contributed by atoms with van der Waals surface area (Å²) in [5.41, 5.74) is 8.87. The van der Waals surface area contributed by atoms with E-state index in [-0.39, 0.29) is 23.8 Å². The number of morpholine rings is 1. The van der Waals surface area contributed by atoms with Gasteiger partial charge >= 0.3 is 0 Å². The highest BCUT2D eigenvalue weighted by atomic mass is 16.5. The van der Waals surface area contributed by atoms with Crippen LogP contribution < -0.4 is 11.1 Å². The summed E-state index contributed by atoms with van der Waals surface area (Å²) in [6.07, 6.45) is 6.58. The van der Waals surface area contributed by atoms with Gasteiger partial charge in [-0.3, -0.25) is 14.0 Å². The summed E-state index contributed by atoms with van der Waals surface area (Å²) in [5, 5.41) is 2.78. The van der Waals surface area contributed by atoms with Crippen LogP contribution in [0, 0.1) is 5.92 Å². The number of carbonyl (C=O) groups is 2. The number of rotatable bonds is 5. The molecule has 2 unspecified atom stereocenters. The van der Waals surface area contributed by atoms with Gasteiger partial charge in [0.2, 0.25) is 5.91 Å². The summed E-state index contributed by atoms with van der Waals surface area (Å²) >= 11 is 0. The zero-order valence-electron chi connectivity index (χ0n) is 20.4. The predicted octanol–water partition coefficient (Wildman–Crippen LogP) is 3.32. The predicted molar refractivity (Wildman–Crippen MR) is 138 cm³/mol. The van der Waals surface area contributed by atoms with Gasteiger partial charge in [-0.2, -0.15) is 0 Å². The van der Waals surface area contributed by atoms with Crippen molar-refractivity contribution in [2.24, 2.45) is 5.92 Å². The zero-order valence-corrected chi connectivity index (χ0v) is 20.4. The van der Waals surface area contributed by atoms with Crippen LogP contribution in [0.25, 0.3) is 16.8 Å². The van der Waals surface area contributed by atoms with E-state index in [1.54, 1.807) is 42.9 Å². The molecule has 1 saturated heterocycles. The van der Waals surface area contributed by atoms with Gasteiger partial charge in [-0.05, 0) is 44.0 Å². The van der Waals surface area contributed by atoms with Crippen molar-refractivity contribution in [3.8, 4) is 11.3 Å². The van der Waals surface area contributed by atoms with Gasteiger partial charge in [0.25, 0.3) is 5.91 Å². The number of nitrogen functional groups attached to an aromatic ring is 1. The normalized spacial score (nSPS) is 19.6. The van der Waals surface area contributed by atoms with Gasteiger partial charge in [0, 0.05) is 35.6 Å². The molecule has 0 bridgehead atoms. The van der Waals surface area contributed by atoms with Gasteiger partial charge < -0.3 is 20.7 Å². The first-order valence-corrected chi connectivity index (χ1v) is 12.4. The molecule has 3 N–H and O–H groups in total. The number of amides is 2. The number of imidazole rings is 1. The maximum Gasteiger partial charge on any atom is 0.256 e. The third kappa shape index (κ3) is 4.40. The van der Waals surface area contributed by atoms with Crippen LogP contribution >= 0.6 is 0 Å². The van der Waals surface area contributed by atoms with Crippen molar-refractivity contribution in [3.05, 3.63) is 72.4 Å². The minimum Gasteiger partial charge on any atom is -0.382 e. The molecule has 3 aromatic heterocycles.